The zero-order valence-corrected chi connectivity index (χ0v) is 10.2. The minimum absolute atomic E-state index is 0.0301. The van der Waals surface area contributed by atoms with Gasteiger partial charge in [-0.1, -0.05) is 0 Å². The van der Waals surface area contributed by atoms with Crippen molar-refractivity contribution in [1.82, 2.24) is 0 Å². The van der Waals surface area contributed by atoms with Crippen LogP contribution in [0.1, 0.15) is 24.8 Å². The number of hydrogen-bond acceptors (Lipinski definition) is 1. The van der Waals surface area contributed by atoms with Crippen molar-refractivity contribution in [2.24, 2.45) is 17.8 Å². The monoisotopic (exact) mass is 251 g/mol. The third-order valence-electron chi connectivity index (χ3n) is 4.12. The third kappa shape index (κ3) is 2.00. The molecular weight excluding hydrogens is 236 g/mol. The van der Waals surface area contributed by atoms with Crippen LogP contribution < -0.4 is 5.32 Å². The summed E-state index contributed by atoms with van der Waals surface area (Å²) in [7, 11) is 0. The average molecular weight is 251 g/mol. The van der Waals surface area contributed by atoms with E-state index in [-0.39, 0.29) is 23.1 Å². The smallest absolute Gasteiger partial charge is 0.227 e. The Morgan fingerprint density at radius 2 is 1.83 bits per heavy atom. The van der Waals surface area contributed by atoms with Gasteiger partial charge in [0.1, 0.15) is 11.6 Å². The maximum Gasteiger partial charge on any atom is 0.227 e. The molecule has 96 valence electrons. The van der Waals surface area contributed by atoms with E-state index in [0.717, 1.165) is 25.0 Å². The van der Waals surface area contributed by atoms with Gasteiger partial charge in [0.05, 0.1) is 5.69 Å². The summed E-state index contributed by atoms with van der Waals surface area (Å²) in [4.78, 5) is 11.9. The molecule has 2 fully saturated rings. The topological polar surface area (TPSA) is 29.1 Å². The molecule has 2 nitrogen and oxygen atoms in total. The summed E-state index contributed by atoms with van der Waals surface area (Å²) in [6.45, 7) is 1.49. The Morgan fingerprint density at radius 1 is 1.17 bits per heavy atom. The predicted molar refractivity (Wildman–Crippen MR) is 64.0 cm³/mol. The molecule has 0 spiro atoms. The van der Waals surface area contributed by atoms with Crippen molar-refractivity contribution in [2.45, 2.75) is 26.2 Å². The van der Waals surface area contributed by atoms with Gasteiger partial charge in [0.15, 0.2) is 0 Å². The van der Waals surface area contributed by atoms with Crippen LogP contribution in [-0.2, 0) is 4.79 Å². The first-order valence-corrected chi connectivity index (χ1v) is 6.31. The molecule has 0 radical (unpaired) electrons. The van der Waals surface area contributed by atoms with Crippen molar-refractivity contribution in [3.63, 3.8) is 0 Å². The maximum absolute atomic E-state index is 13.6. The molecule has 1 N–H and O–H groups in total. The SMILES string of the molecule is Cc1cc(F)c(NC(=O)C2CC3CC3C2)cc1F. The van der Waals surface area contributed by atoms with Crippen LogP contribution in [0.4, 0.5) is 14.5 Å². The number of anilines is 1. The lowest BCUT2D eigenvalue weighted by atomic mass is 10.0. The van der Waals surface area contributed by atoms with Crippen LogP contribution in [0, 0.1) is 36.3 Å². The molecule has 4 heteroatoms. The van der Waals surface area contributed by atoms with Gasteiger partial charge in [0, 0.05) is 12.0 Å². The molecule has 2 aliphatic carbocycles. The Bertz CT molecular complexity index is 505. The van der Waals surface area contributed by atoms with Crippen molar-refractivity contribution in [3.05, 3.63) is 29.3 Å². The van der Waals surface area contributed by atoms with E-state index in [2.05, 4.69) is 5.32 Å². The van der Waals surface area contributed by atoms with Crippen molar-refractivity contribution in [1.29, 1.82) is 0 Å². The second-order valence-electron chi connectivity index (χ2n) is 5.49. The molecule has 1 amide bonds. The fraction of sp³-hybridized carbons (Fsp3) is 0.500. The standard InChI is InChI=1S/C14H15F2NO/c1-7-2-12(16)13(6-11(7)15)17-14(18)10-4-8-3-9(8)5-10/h2,6,8-10H,3-5H2,1H3,(H,17,18). The molecule has 2 unspecified atom stereocenters. The molecule has 2 saturated carbocycles. The lowest BCUT2D eigenvalue weighted by Crippen LogP contribution is -2.22. The molecule has 0 bridgehead atoms. The summed E-state index contributed by atoms with van der Waals surface area (Å²) in [6.07, 6.45) is 3.02. The molecule has 3 rings (SSSR count). The summed E-state index contributed by atoms with van der Waals surface area (Å²) in [5.74, 6) is 0.106. The number of carbonyl (C=O) groups excluding carboxylic acids is 1. The number of hydrogen-bond donors (Lipinski definition) is 1. The Hall–Kier alpha value is -1.45. The maximum atomic E-state index is 13.6. The van der Waals surface area contributed by atoms with Crippen LogP contribution in [0.15, 0.2) is 12.1 Å². The molecule has 0 aliphatic heterocycles. The second kappa shape index (κ2) is 4.04. The lowest BCUT2D eigenvalue weighted by molar-refractivity contribution is -0.120. The highest BCUT2D eigenvalue weighted by Crippen LogP contribution is 2.54. The van der Waals surface area contributed by atoms with Gasteiger partial charge in [-0.05, 0) is 49.7 Å². The van der Waals surface area contributed by atoms with E-state index in [1.54, 1.807) is 0 Å². The first-order chi connectivity index (χ1) is 8.54. The van der Waals surface area contributed by atoms with Gasteiger partial charge in [0.2, 0.25) is 5.91 Å². The van der Waals surface area contributed by atoms with Crippen molar-refractivity contribution in [2.75, 3.05) is 5.32 Å². The van der Waals surface area contributed by atoms with E-state index >= 15 is 0 Å². The van der Waals surface area contributed by atoms with Crippen molar-refractivity contribution in [3.8, 4) is 0 Å². The number of halogens is 2. The molecule has 0 heterocycles. The Morgan fingerprint density at radius 3 is 2.50 bits per heavy atom. The van der Waals surface area contributed by atoms with Crippen LogP contribution in [0.25, 0.3) is 0 Å². The number of fused-ring (bicyclic) bond motifs is 1. The number of amides is 1. The summed E-state index contributed by atoms with van der Waals surface area (Å²) in [6, 6.07) is 2.16. The molecule has 18 heavy (non-hydrogen) atoms. The first kappa shape index (κ1) is 11.6. The third-order valence-corrected chi connectivity index (χ3v) is 4.12. The summed E-state index contributed by atoms with van der Waals surface area (Å²) in [5.41, 5.74) is 0.191. The van der Waals surface area contributed by atoms with Crippen molar-refractivity contribution >= 4 is 11.6 Å². The first-order valence-electron chi connectivity index (χ1n) is 6.31. The van der Waals surface area contributed by atoms with E-state index < -0.39 is 11.6 Å². The van der Waals surface area contributed by atoms with E-state index in [1.165, 1.54) is 13.3 Å². The fourth-order valence-electron chi connectivity index (χ4n) is 2.91. The van der Waals surface area contributed by atoms with Crippen LogP contribution in [0.3, 0.4) is 0 Å². The molecule has 0 aromatic heterocycles. The highest BCUT2D eigenvalue weighted by atomic mass is 19.1. The molecule has 0 saturated heterocycles. The van der Waals surface area contributed by atoms with Gasteiger partial charge in [-0.25, -0.2) is 8.78 Å². The number of carbonyl (C=O) groups is 1. The molecule has 1 aromatic carbocycles. The minimum Gasteiger partial charge on any atom is -0.323 e. The molecule has 2 atom stereocenters. The van der Waals surface area contributed by atoms with Crippen LogP contribution in [-0.4, -0.2) is 5.91 Å². The Kier molecular flexibility index (Phi) is 2.61. The van der Waals surface area contributed by atoms with Crippen LogP contribution in [0.5, 0.6) is 0 Å². The lowest BCUT2D eigenvalue weighted by Gasteiger charge is -2.13. The highest BCUT2D eigenvalue weighted by molar-refractivity contribution is 5.93. The minimum atomic E-state index is -0.578. The predicted octanol–water partition coefficient (Wildman–Crippen LogP) is 3.26. The van der Waals surface area contributed by atoms with Crippen LogP contribution >= 0.6 is 0 Å². The quantitative estimate of drug-likeness (QED) is 0.858. The van der Waals surface area contributed by atoms with Gasteiger partial charge < -0.3 is 5.32 Å². The average Bonchev–Trinajstić information content (AvgIpc) is 2.93. The molecule has 1 aromatic rings. The van der Waals surface area contributed by atoms with Gasteiger partial charge in [-0.15, -0.1) is 0 Å². The second-order valence-corrected chi connectivity index (χ2v) is 5.49. The number of benzene rings is 1. The highest BCUT2D eigenvalue weighted by Gasteiger charge is 2.48. The van der Waals surface area contributed by atoms with E-state index in [0.29, 0.717) is 11.8 Å². The molecule has 2 aliphatic rings. The number of rotatable bonds is 2. The summed E-state index contributed by atoms with van der Waals surface area (Å²) >= 11 is 0. The van der Waals surface area contributed by atoms with E-state index in [9.17, 15) is 13.6 Å². The fourth-order valence-corrected chi connectivity index (χ4v) is 2.91. The van der Waals surface area contributed by atoms with E-state index in [4.69, 9.17) is 0 Å². The number of nitrogens with one attached hydrogen (secondary N) is 1. The van der Waals surface area contributed by atoms with Gasteiger partial charge >= 0.3 is 0 Å². The van der Waals surface area contributed by atoms with Gasteiger partial charge in [-0.3, -0.25) is 4.79 Å². The van der Waals surface area contributed by atoms with Crippen LogP contribution in [0.2, 0.25) is 0 Å². The normalized spacial score (nSPS) is 28.9. The number of aryl methyl sites for hydroxylation is 1. The molecular formula is C14H15F2NO. The summed E-state index contributed by atoms with van der Waals surface area (Å²) < 4.78 is 26.9. The van der Waals surface area contributed by atoms with Gasteiger partial charge in [0.25, 0.3) is 0 Å². The zero-order valence-electron chi connectivity index (χ0n) is 10.2. The summed E-state index contributed by atoms with van der Waals surface area (Å²) in [5, 5.41) is 2.51. The Balaban J connectivity index is 1.72. The zero-order chi connectivity index (χ0) is 12.9. The van der Waals surface area contributed by atoms with E-state index in [1.807, 2.05) is 0 Å². The van der Waals surface area contributed by atoms with Gasteiger partial charge in [-0.2, -0.15) is 0 Å². The largest absolute Gasteiger partial charge is 0.323 e. The Labute approximate surface area is 104 Å². The van der Waals surface area contributed by atoms with Crippen molar-refractivity contribution < 1.29 is 13.6 Å².